The maximum atomic E-state index is 14.3. The van der Waals surface area contributed by atoms with Crippen LogP contribution in [0.25, 0.3) is 0 Å². The van der Waals surface area contributed by atoms with E-state index in [1.807, 2.05) is 9.47 Å². The molecule has 65 heavy (non-hydrogen) atoms. The van der Waals surface area contributed by atoms with Gasteiger partial charge in [-0.1, -0.05) is 16.5 Å². The van der Waals surface area contributed by atoms with E-state index in [4.69, 9.17) is 10.5 Å². The predicted octanol–water partition coefficient (Wildman–Crippen LogP) is 10.4. The molecule has 0 radical (unpaired) electrons. The summed E-state index contributed by atoms with van der Waals surface area (Å²) in [5.74, 6) is -23.3. The van der Waals surface area contributed by atoms with E-state index in [2.05, 4.69) is 28.9 Å². The summed E-state index contributed by atoms with van der Waals surface area (Å²) in [4.78, 5) is 11.6. The summed E-state index contributed by atoms with van der Waals surface area (Å²) in [6.45, 7) is -10.8. The Labute approximate surface area is 340 Å². The Hall–Kier alpha value is -2.14. The van der Waals surface area contributed by atoms with Crippen molar-refractivity contribution < 1.29 is 186 Å². The number of unbranched alkanes of at least 4 members (excludes halogenated alkanes) is 2. The zero-order valence-electron chi connectivity index (χ0n) is 29.3. The van der Waals surface area contributed by atoms with Crippen LogP contribution in [-0.2, 0) is 43.2 Å². The van der Waals surface area contributed by atoms with Gasteiger partial charge in [-0.05, 0) is 19.3 Å². The van der Waals surface area contributed by atoms with Crippen molar-refractivity contribution in [3.63, 3.8) is 0 Å². The van der Waals surface area contributed by atoms with E-state index in [0.29, 0.717) is 0 Å². The molecule has 0 aromatic rings. The van der Waals surface area contributed by atoms with Crippen molar-refractivity contribution in [1.82, 2.24) is 5.32 Å². The highest BCUT2D eigenvalue weighted by atomic mass is 31.1. The summed E-state index contributed by atoms with van der Waals surface area (Å²) in [6.07, 6.45) is -56.8. The first kappa shape index (κ1) is 67.1. The zero-order valence-corrected chi connectivity index (χ0v) is 31.3. The minimum absolute atomic E-state index is 0.120. The van der Waals surface area contributed by atoms with E-state index >= 15 is 0 Å². The number of rotatable bonds is 23. The van der Waals surface area contributed by atoms with Gasteiger partial charge in [-0.25, -0.2) is 23.7 Å². The smallest absolute Gasteiger partial charge is 0.376 e. The lowest BCUT2D eigenvalue weighted by atomic mass is 10.2. The van der Waals surface area contributed by atoms with Crippen LogP contribution in [0.2, 0.25) is 0 Å². The Bertz CT molecular complexity index is 1370. The summed E-state index contributed by atoms with van der Waals surface area (Å²) in [5.41, 5.74) is 0. The van der Waals surface area contributed by atoms with Gasteiger partial charge in [-0.15, -0.1) is 0 Å². The van der Waals surface area contributed by atoms with Gasteiger partial charge in [-0.2, -0.15) is 123 Å². The topological polar surface area (TPSA) is 164 Å². The van der Waals surface area contributed by atoms with Crippen LogP contribution in [0.1, 0.15) is 25.7 Å². The average Bonchev–Trinajstić information content (AvgIpc) is 3.08. The van der Waals surface area contributed by atoms with Gasteiger partial charge >= 0.3 is 80.3 Å². The fourth-order valence-electron chi connectivity index (χ4n) is 2.89. The molecule has 0 aliphatic heterocycles. The maximum absolute atomic E-state index is 14.3. The molecule has 0 aliphatic rings. The first-order valence-electron chi connectivity index (χ1n) is 14.5. The van der Waals surface area contributed by atoms with Crippen LogP contribution in [0, 0.1) is 0 Å². The first-order valence-corrected chi connectivity index (χ1v) is 16.3. The van der Waals surface area contributed by atoms with Crippen LogP contribution >= 0.6 is 17.6 Å². The minimum atomic E-state index is -7.21. The highest BCUT2D eigenvalue weighted by Gasteiger charge is 2.81. The molecule has 0 aromatic heterocycles. The van der Waals surface area contributed by atoms with E-state index in [1.165, 1.54) is 0 Å². The molecule has 4 N–H and O–H groups in total. The van der Waals surface area contributed by atoms with Crippen molar-refractivity contribution in [3.05, 3.63) is 0 Å². The van der Waals surface area contributed by atoms with Crippen molar-refractivity contribution in [2.24, 2.45) is 0 Å². The highest BCUT2D eigenvalue weighted by Crippen LogP contribution is 2.53. The second-order valence-electron chi connectivity index (χ2n) is 10.4. The molecule has 0 fully saturated rings. The number of ether oxygens (including phenoxy) is 4. The lowest BCUT2D eigenvalue weighted by molar-refractivity contribution is -0.510. The van der Waals surface area contributed by atoms with Gasteiger partial charge < -0.3 is 10.4 Å². The molecular weight excluding hydrogens is 1070 g/mol. The summed E-state index contributed by atoms with van der Waals surface area (Å²) < 4.78 is 368. The molecule has 0 heterocycles. The molecule has 6 unspecified atom stereocenters. The predicted molar refractivity (Wildman–Crippen MR) is 142 cm³/mol. The molecule has 394 valence electrons. The second kappa shape index (κ2) is 25.5. The van der Waals surface area contributed by atoms with Gasteiger partial charge in [0.05, 0.1) is 17.6 Å². The molecule has 0 spiro atoms. The molecule has 6 atom stereocenters. The molecule has 0 bridgehead atoms. The lowest BCUT2D eigenvalue weighted by Gasteiger charge is -2.37. The van der Waals surface area contributed by atoms with Crippen LogP contribution in [0.15, 0.2) is 0 Å². The van der Waals surface area contributed by atoms with Gasteiger partial charge in [0, 0.05) is 6.54 Å². The van der Waals surface area contributed by atoms with E-state index in [1.54, 1.807) is 0 Å². The van der Waals surface area contributed by atoms with Crippen molar-refractivity contribution in [1.29, 1.82) is 0 Å². The van der Waals surface area contributed by atoms with Gasteiger partial charge in [0.2, 0.25) is 0 Å². The maximum Gasteiger partial charge on any atom is 0.458 e. The second-order valence-corrected chi connectivity index (χ2v) is 13.3. The van der Waals surface area contributed by atoms with Crippen molar-refractivity contribution >= 4 is 23.5 Å². The van der Waals surface area contributed by atoms with E-state index < -0.39 is 128 Å². The van der Waals surface area contributed by atoms with E-state index in [9.17, 15) is 137 Å². The summed E-state index contributed by atoms with van der Waals surface area (Å²) in [6, 6.07) is 0. The van der Waals surface area contributed by atoms with Crippen LogP contribution in [-0.4, -0.2) is 120 Å². The van der Waals surface area contributed by atoms with E-state index in [-0.39, 0.29) is 19.3 Å². The number of hydrogen-bond acceptors (Lipinski definition) is 12. The van der Waals surface area contributed by atoms with Gasteiger partial charge in [0.25, 0.3) is 12.3 Å². The Morgan fingerprint density at radius 3 is 1.18 bits per heavy atom. The van der Waals surface area contributed by atoms with Gasteiger partial charge in [0.15, 0.2) is 5.08 Å². The molecule has 0 saturated heterocycles. The summed E-state index contributed by atoms with van der Waals surface area (Å²) in [7, 11) is -2.11. The van der Waals surface area contributed by atoms with Gasteiger partial charge in [-0.3, -0.25) is 23.7 Å². The Kier molecular flexibility index (Phi) is 26.3. The third-order valence-corrected chi connectivity index (χ3v) is 7.76. The Balaban J connectivity index is -0.00000118. The number of carbonyl (C=O) groups is 1. The normalized spacial score (nSPS) is 18.2. The van der Waals surface area contributed by atoms with Crippen molar-refractivity contribution in [2.75, 3.05) is 6.54 Å². The number of hydrogen-bond donors (Lipinski definition) is 4. The van der Waals surface area contributed by atoms with E-state index in [0.717, 1.165) is 5.32 Å². The lowest BCUT2D eigenvalue weighted by Crippen LogP contribution is -2.66. The highest BCUT2D eigenvalue weighted by molar-refractivity contribution is 7.53. The number of amides is 1. The van der Waals surface area contributed by atoms with Crippen molar-refractivity contribution in [3.8, 4) is 0 Å². The minimum Gasteiger partial charge on any atom is -0.376 e. The number of carbonyl (C=O) groups excluding carboxylic acids is 1. The fourth-order valence-corrected chi connectivity index (χ4v) is 4.21. The molecule has 0 saturated carbocycles. The molecule has 0 aromatic carbocycles. The summed E-state index contributed by atoms with van der Waals surface area (Å²) in [5, 5.41) is 31.9. The summed E-state index contributed by atoms with van der Waals surface area (Å²) >= 11 is 0. The van der Waals surface area contributed by atoms with Crippen molar-refractivity contribution in [2.45, 2.75) is 117 Å². The molecular formula is C21H20F29NO12P2. The van der Waals surface area contributed by atoms with Crippen LogP contribution in [0.3, 0.4) is 0 Å². The van der Waals surface area contributed by atoms with Crippen LogP contribution < -0.4 is 5.32 Å². The molecule has 0 rings (SSSR count). The number of aliphatic hydroxyl groups is 1. The average molecular weight is 1090 g/mol. The Morgan fingerprint density at radius 2 is 0.892 bits per heavy atom. The van der Waals surface area contributed by atoms with Crippen LogP contribution in [0.5, 0.6) is 0 Å². The number of halogens is 29. The quantitative estimate of drug-likeness (QED) is 0.0252. The molecule has 1 amide bonds. The molecule has 44 heteroatoms. The fraction of sp³-hybridized carbons (Fsp3) is 0.952. The third kappa shape index (κ3) is 21.4. The monoisotopic (exact) mass is 1090 g/mol. The molecule has 13 nitrogen and oxygen atoms in total. The third-order valence-electron chi connectivity index (χ3n) is 5.66. The first-order chi connectivity index (χ1) is 28.6. The number of alkyl halides is 29. The molecule has 0 aliphatic carbocycles. The SMILES string of the molecule is FC(F)C(F)(F)F.FC(F)OC(F)(C(F)(F)F)C(F)(F)OC(F)C(F)(F)F.O=C(NCCCCCC(O)(POOO)POOO)C(F)(OC(F)(F)C(F)(OC(F)F)C(F)(F)F)C(F)(F)F. The Morgan fingerprint density at radius 1 is 0.523 bits per heavy atom. The van der Waals surface area contributed by atoms with Crippen LogP contribution in [0.4, 0.5) is 127 Å². The number of nitrogens with one attached hydrogen (secondary N) is 1. The van der Waals surface area contributed by atoms with Gasteiger partial charge in [0.1, 0.15) is 0 Å². The zero-order chi connectivity index (χ0) is 52.7. The standard InChI is InChI=1S/C13H17F12NO10P2.C6H2F12O2.C2HF5/c14-7(15)31-10(17,12(21,22)23)13(24,25)32-9(16,11(18,19)20)6(27)26-5-3-1-2-4-8(28,37-35-33-29)38-36-34-30;7-1(3(10,11)12)19-6(17,18)4(13,5(14,15)16)20-2(8)9;3-1(4)2(5,6)7/h7,28-30,37-38H,1-5H2,(H,26,27);1-2H;1H. The largest absolute Gasteiger partial charge is 0.458 e.